The zero-order valence-electron chi connectivity index (χ0n) is 9.86. The van der Waals surface area contributed by atoms with Gasteiger partial charge in [-0.1, -0.05) is 17.7 Å². The molecule has 6 heteroatoms. The van der Waals surface area contributed by atoms with Gasteiger partial charge in [0, 0.05) is 5.02 Å². The number of benzene rings is 1. The molecule has 0 spiro atoms. The van der Waals surface area contributed by atoms with Crippen LogP contribution in [0.1, 0.15) is 9.67 Å². The average molecular weight is 292 g/mol. The van der Waals surface area contributed by atoms with Gasteiger partial charge in [-0.2, -0.15) is 5.10 Å². The van der Waals surface area contributed by atoms with E-state index in [1.807, 2.05) is 29.6 Å². The first kappa shape index (κ1) is 12.2. The number of halogens is 1. The number of anilines is 1. The molecule has 2 heterocycles. The van der Waals surface area contributed by atoms with Crippen LogP contribution in [0, 0.1) is 0 Å². The van der Waals surface area contributed by atoms with Gasteiger partial charge in [0.15, 0.2) is 0 Å². The molecule has 0 radical (unpaired) electrons. The molecule has 1 aromatic heterocycles. The van der Waals surface area contributed by atoms with Gasteiger partial charge in [0.1, 0.15) is 13.0 Å². The molecule has 19 heavy (non-hydrogen) atoms. The van der Waals surface area contributed by atoms with E-state index in [0.29, 0.717) is 16.6 Å². The van der Waals surface area contributed by atoms with Gasteiger partial charge in [-0.05, 0) is 35.7 Å². The number of hydrogen-bond acceptors (Lipinski definition) is 4. The van der Waals surface area contributed by atoms with Crippen molar-refractivity contribution in [3.63, 3.8) is 0 Å². The quantitative estimate of drug-likeness (QED) is 0.851. The van der Waals surface area contributed by atoms with Crippen molar-refractivity contribution in [2.45, 2.75) is 0 Å². The SMILES string of the molecule is O=C(c1cccs1)N1C=NN(c2ccc(Cl)cc2)C1. The Bertz CT molecular complexity index is 609. The molecule has 0 bridgehead atoms. The van der Waals surface area contributed by atoms with Crippen molar-refractivity contribution >= 4 is 40.9 Å². The third-order valence-electron chi connectivity index (χ3n) is 2.73. The fourth-order valence-electron chi connectivity index (χ4n) is 1.76. The van der Waals surface area contributed by atoms with E-state index in [9.17, 15) is 4.79 Å². The van der Waals surface area contributed by atoms with E-state index in [1.54, 1.807) is 28.4 Å². The lowest BCUT2D eigenvalue weighted by atomic mass is 10.3. The Morgan fingerprint density at radius 2 is 2.05 bits per heavy atom. The summed E-state index contributed by atoms with van der Waals surface area (Å²) in [6.07, 6.45) is 1.55. The smallest absolute Gasteiger partial charge is 0.270 e. The average Bonchev–Trinajstić information content (AvgIpc) is 3.10. The molecule has 0 unspecified atom stereocenters. The van der Waals surface area contributed by atoms with Crippen LogP contribution in [0.15, 0.2) is 46.9 Å². The van der Waals surface area contributed by atoms with E-state index in [-0.39, 0.29) is 5.91 Å². The van der Waals surface area contributed by atoms with Crippen molar-refractivity contribution in [1.29, 1.82) is 0 Å². The zero-order valence-corrected chi connectivity index (χ0v) is 11.4. The molecule has 1 aromatic carbocycles. The number of carbonyl (C=O) groups excluding carboxylic acids is 1. The monoisotopic (exact) mass is 291 g/mol. The Morgan fingerprint density at radius 1 is 1.26 bits per heavy atom. The third kappa shape index (κ3) is 2.47. The van der Waals surface area contributed by atoms with E-state index in [2.05, 4.69) is 5.10 Å². The highest BCUT2D eigenvalue weighted by atomic mass is 35.5. The lowest BCUT2D eigenvalue weighted by molar-refractivity contribution is 0.0865. The molecule has 0 N–H and O–H groups in total. The van der Waals surface area contributed by atoms with Crippen LogP contribution in [-0.2, 0) is 0 Å². The number of amides is 1. The van der Waals surface area contributed by atoms with Crippen molar-refractivity contribution < 1.29 is 4.79 Å². The highest BCUT2D eigenvalue weighted by molar-refractivity contribution is 7.12. The van der Waals surface area contributed by atoms with Gasteiger partial charge in [0.2, 0.25) is 0 Å². The van der Waals surface area contributed by atoms with E-state index in [1.165, 1.54) is 11.3 Å². The second kappa shape index (κ2) is 5.03. The summed E-state index contributed by atoms with van der Waals surface area (Å²) in [5, 5.41) is 8.54. The summed E-state index contributed by atoms with van der Waals surface area (Å²) in [6, 6.07) is 11.0. The van der Waals surface area contributed by atoms with Crippen LogP contribution in [0.4, 0.5) is 5.69 Å². The van der Waals surface area contributed by atoms with Gasteiger partial charge in [-0.3, -0.25) is 9.69 Å². The van der Waals surface area contributed by atoms with E-state index >= 15 is 0 Å². The molecular weight excluding hydrogens is 282 g/mol. The Hall–Kier alpha value is -1.85. The van der Waals surface area contributed by atoms with Crippen LogP contribution in [0.3, 0.4) is 0 Å². The van der Waals surface area contributed by atoms with Crippen molar-refractivity contribution in [3.05, 3.63) is 51.7 Å². The summed E-state index contributed by atoms with van der Waals surface area (Å²) in [5.41, 5.74) is 0.905. The van der Waals surface area contributed by atoms with Crippen LogP contribution < -0.4 is 5.01 Å². The fourth-order valence-corrected chi connectivity index (χ4v) is 2.57. The highest BCUT2D eigenvalue weighted by Gasteiger charge is 2.22. The summed E-state index contributed by atoms with van der Waals surface area (Å²) < 4.78 is 0. The summed E-state index contributed by atoms with van der Waals surface area (Å²) in [5.74, 6) is -0.0322. The molecule has 0 atom stereocenters. The second-order valence-electron chi connectivity index (χ2n) is 4.00. The summed E-state index contributed by atoms with van der Waals surface area (Å²) in [6.45, 7) is 0.415. The topological polar surface area (TPSA) is 35.9 Å². The normalized spacial score (nSPS) is 14.2. The minimum absolute atomic E-state index is 0.0322. The Balaban J connectivity index is 1.73. The van der Waals surface area contributed by atoms with Crippen LogP contribution in [0.2, 0.25) is 5.02 Å². The molecule has 1 aliphatic heterocycles. The van der Waals surface area contributed by atoms with Crippen molar-refractivity contribution in [1.82, 2.24) is 4.90 Å². The highest BCUT2D eigenvalue weighted by Crippen LogP contribution is 2.21. The maximum Gasteiger partial charge on any atom is 0.270 e. The minimum atomic E-state index is -0.0322. The summed E-state index contributed by atoms with van der Waals surface area (Å²) >= 11 is 7.27. The van der Waals surface area contributed by atoms with Crippen LogP contribution >= 0.6 is 22.9 Å². The number of carbonyl (C=O) groups is 1. The van der Waals surface area contributed by atoms with Gasteiger partial charge in [-0.25, -0.2) is 5.01 Å². The first-order chi connectivity index (χ1) is 9.24. The molecular formula is C13H10ClN3OS. The van der Waals surface area contributed by atoms with Crippen LogP contribution in [0.5, 0.6) is 0 Å². The molecule has 1 aliphatic rings. The van der Waals surface area contributed by atoms with E-state index < -0.39 is 0 Å². The van der Waals surface area contributed by atoms with Crippen LogP contribution in [0.25, 0.3) is 0 Å². The van der Waals surface area contributed by atoms with Gasteiger partial charge < -0.3 is 0 Å². The Kier molecular flexibility index (Phi) is 3.23. The molecule has 0 saturated carbocycles. The van der Waals surface area contributed by atoms with Gasteiger partial charge in [-0.15, -0.1) is 11.3 Å². The molecule has 0 aliphatic carbocycles. The molecule has 3 rings (SSSR count). The predicted molar refractivity (Wildman–Crippen MR) is 77.8 cm³/mol. The molecule has 0 fully saturated rings. The standard InChI is InChI=1S/C13H10ClN3OS/c14-10-3-5-11(6-4-10)17-9-16(8-15-17)13(18)12-2-1-7-19-12/h1-8H,9H2. The summed E-state index contributed by atoms with van der Waals surface area (Å²) in [7, 11) is 0. The van der Waals surface area contributed by atoms with E-state index in [4.69, 9.17) is 11.6 Å². The van der Waals surface area contributed by atoms with Crippen LogP contribution in [-0.4, -0.2) is 23.8 Å². The summed E-state index contributed by atoms with van der Waals surface area (Å²) in [4.78, 5) is 14.4. The maximum absolute atomic E-state index is 12.1. The number of thiophene rings is 1. The van der Waals surface area contributed by atoms with Gasteiger partial charge in [0.25, 0.3) is 5.91 Å². The first-order valence-corrected chi connectivity index (χ1v) is 6.91. The molecule has 96 valence electrons. The van der Waals surface area contributed by atoms with Gasteiger partial charge >= 0.3 is 0 Å². The molecule has 2 aromatic rings. The number of nitrogens with zero attached hydrogens (tertiary/aromatic N) is 3. The van der Waals surface area contributed by atoms with Crippen molar-refractivity contribution in [3.8, 4) is 0 Å². The second-order valence-corrected chi connectivity index (χ2v) is 5.38. The van der Waals surface area contributed by atoms with E-state index in [0.717, 1.165) is 5.69 Å². The fraction of sp³-hybridized carbons (Fsp3) is 0.0769. The Labute approximate surface area is 119 Å². The molecule has 1 amide bonds. The number of rotatable bonds is 2. The number of hydrazone groups is 1. The first-order valence-electron chi connectivity index (χ1n) is 5.66. The minimum Gasteiger partial charge on any atom is -0.276 e. The molecule has 4 nitrogen and oxygen atoms in total. The number of hydrogen-bond donors (Lipinski definition) is 0. The third-order valence-corrected chi connectivity index (χ3v) is 3.84. The van der Waals surface area contributed by atoms with Crippen molar-refractivity contribution in [2.75, 3.05) is 11.7 Å². The lowest BCUT2D eigenvalue weighted by Crippen LogP contribution is -2.31. The predicted octanol–water partition coefficient (Wildman–Crippen LogP) is 3.26. The van der Waals surface area contributed by atoms with Gasteiger partial charge in [0.05, 0.1) is 10.6 Å². The largest absolute Gasteiger partial charge is 0.276 e. The zero-order chi connectivity index (χ0) is 13.2. The molecule has 0 saturated heterocycles. The Morgan fingerprint density at radius 3 is 2.74 bits per heavy atom. The van der Waals surface area contributed by atoms with Crippen molar-refractivity contribution in [2.24, 2.45) is 5.10 Å². The lowest BCUT2D eigenvalue weighted by Gasteiger charge is -2.17. The maximum atomic E-state index is 12.1.